The Labute approximate surface area is 170 Å². The van der Waals surface area contributed by atoms with Gasteiger partial charge < -0.3 is 19.2 Å². The van der Waals surface area contributed by atoms with Crippen LogP contribution in [0.25, 0.3) is 0 Å². The Morgan fingerprint density at radius 3 is 2.73 bits per heavy atom. The number of benzene rings is 2. The molecule has 0 atom stereocenters. The van der Waals surface area contributed by atoms with E-state index in [0.29, 0.717) is 5.76 Å². The number of anilines is 1. The molecular formula is C22H18F3NO4. The van der Waals surface area contributed by atoms with Crippen molar-refractivity contribution in [2.24, 2.45) is 0 Å². The number of hydrogen-bond donors (Lipinski definition) is 1. The molecule has 0 spiro atoms. The second-order valence-corrected chi connectivity index (χ2v) is 6.81. The summed E-state index contributed by atoms with van der Waals surface area (Å²) in [6.45, 7) is -3.03. The number of aryl methyl sites for hydroxylation is 2. The van der Waals surface area contributed by atoms with Crippen LogP contribution in [0.5, 0.6) is 11.5 Å². The average Bonchev–Trinajstić information content (AvgIpc) is 3.36. The van der Waals surface area contributed by atoms with Crippen molar-refractivity contribution in [1.82, 2.24) is 0 Å². The van der Waals surface area contributed by atoms with Gasteiger partial charge in [-0.15, -0.1) is 0 Å². The number of alkyl halides is 2. The highest BCUT2D eigenvalue weighted by molar-refractivity contribution is 6.03. The van der Waals surface area contributed by atoms with E-state index in [0.717, 1.165) is 43.2 Å². The first kappa shape index (κ1) is 19.9. The molecule has 0 aliphatic heterocycles. The zero-order valence-electron chi connectivity index (χ0n) is 15.8. The van der Waals surface area contributed by atoms with Gasteiger partial charge in [0.05, 0.1) is 5.69 Å². The maximum atomic E-state index is 13.3. The second-order valence-electron chi connectivity index (χ2n) is 6.81. The molecule has 8 heteroatoms. The van der Waals surface area contributed by atoms with Crippen molar-refractivity contribution in [2.45, 2.75) is 32.5 Å². The molecule has 1 heterocycles. The number of carbonyl (C=O) groups excluding carboxylic acids is 1. The quantitative estimate of drug-likeness (QED) is 0.564. The Bertz CT molecular complexity index is 1060. The second kappa shape index (κ2) is 8.52. The number of hydrogen-bond acceptors (Lipinski definition) is 4. The van der Waals surface area contributed by atoms with Gasteiger partial charge >= 0.3 is 6.61 Å². The average molecular weight is 417 g/mol. The van der Waals surface area contributed by atoms with Crippen LogP contribution in [0.15, 0.2) is 52.9 Å². The first-order valence-electron chi connectivity index (χ1n) is 9.37. The summed E-state index contributed by atoms with van der Waals surface area (Å²) in [6.07, 6.45) is 3.27. The van der Waals surface area contributed by atoms with Crippen molar-refractivity contribution in [3.63, 3.8) is 0 Å². The topological polar surface area (TPSA) is 60.7 Å². The van der Waals surface area contributed by atoms with Crippen LogP contribution >= 0.6 is 0 Å². The minimum atomic E-state index is -3.16. The van der Waals surface area contributed by atoms with E-state index < -0.39 is 24.1 Å². The largest absolute Gasteiger partial charge is 0.486 e. The van der Waals surface area contributed by atoms with Crippen molar-refractivity contribution < 1.29 is 31.9 Å². The Kier molecular flexibility index (Phi) is 5.65. The van der Waals surface area contributed by atoms with Crippen molar-refractivity contribution in [3.05, 3.63) is 77.0 Å². The molecule has 0 radical (unpaired) electrons. The van der Waals surface area contributed by atoms with Gasteiger partial charge in [0, 0.05) is 6.07 Å². The monoisotopic (exact) mass is 417 g/mol. The lowest BCUT2D eigenvalue weighted by atomic mass is 10.1. The number of fused-ring (bicyclic) bond motifs is 1. The zero-order chi connectivity index (χ0) is 21.1. The van der Waals surface area contributed by atoms with Crippen molar-refractivity contribution in [1.29, 1.82) is 0 Å². The molecule has 1 aliphatic rings. The number of amides is 1. The minimum absolute atomic E-state index is 0.0464. The first-order chi connectivity index (χ1) is 14.5. The third-order valence-corrected chi connectivity index (χ3v) is 4.74. The van der Waals surface area contributed by atoms with E-state index in [-0.39, 0.29) is 18.1 Å². The van der Waals surface area contributed by atoms with Gasteiger partial charge in [0.25, 0.3) is 5.91 Å². The lowest BCUT2D eigenvalue weighted by molar-refractivity contribution is -0.0495. The van der Waals surface area contributed by atoms with E-state index in [1.807, 2.05) is 12.1 Å². The molecule has 0 saturated heterocycles. The van der Waals surface area contributed by atoms with Gasteiger partial charge in [-0.3, -0.25) is 4.79 Å². The first-order valence-corrected chi connectivity index (χ1v) is 9.37. The number of nitrogens with one attached hydrogen (secondary N) is 1. The Hall–Kier alpha value is -3.42. The van der Waals surface area contributed by atoms with Crippen LogP contribution in [0.4, 0.5) is 18.9 Å². The fourth-order valence-electron chi connectivity index (χ4n) is 3.35. The molecule has 4 rings (SSSR count). The summed E-state index contributed by atoms with van der Waals surface area (Å²) in [5, 5.41) is 2.38. The fraction of sp³-hybridized carbons (Fsp3) is 0.227. The molecule has 1 aliphatic carbocycles. The van der Waals surface area contributed by atoms with E-state index in [9.17, 15) is 18.0 Å². The van der Waals surface area contributed by atoms with Gasteiger partial charge in [-0.1, -0.05) is 6.07 Å². The Balaban J connectivity index is 1.40. The lowest BCUT2D eigenvalue weighted by Gasteiger charge is -2.11. The predicted octanol–water partition coefficient (Wildman–Crippen LogP) is 5.34. The van der Waals surface area contributed by atoms with Crippen LogP contribution in [0.3, 0.4) is 0 Å². The number of halogens is 3. The fourth-order valence-corrected chi connectivity index (χ4v) is 3.35. The SMILES string of the molecule is O=C(Nc1ccc(F)cc1OC(F)F)c1ccc(COc2ccc3c(c2)CCC3)o1. The van der Waals surface area contributed by atoms with E-state index in [1.54, 1.807) is 6.07 Å². The van der Waals surface area contributed by atoms with Gasteiger partial charge in [-0.25, -0.2) is 4.39 Å². The zero-order valence-corrected chi connectivity index (χ0v) is 15.8. The third-order valence-electron chi connectivity index (χ3n) is 4.74. The van der Waals surface area contributed by atoms with Crippen molar-refractivity contribution in [3.8, 4) is 11.5 Å². The van der Waals surface area contributed by atoms with Crippen LogP contribution in [0, 0.1) is 5.82 Å². The lowest BCUT2D eigenvalue weighted by Crippen LogP contribution is -2.13. The number of carbonyl (C=O) groups is 1. The molecule has 30 heavy (non-hydrogen) atoms. The molecule has 0 bridgehead atoms. The number of ether oxygens (including phenoxy) is 2. The van der Waals surface area contributed by atoms with Crippen LogP contribution in [0.2, 0.25) is 0 Å². The maximum absolute atomic E-state index is 13.3. The van der Waals surface area contributed by atoms with E-state index >= 15 is 0 Å². The molecule has 0 unspecified atom stereocenters. The number of furan rings is 1. The smallest absolute Gasteiger partial charge is 0.387 e. The van der Waals surface area contributed by atoms with E-state index in [2.05, 4.69) is 16.1 Å². The summed E-state index contributed by atoms with van der Waals surface area (Å²) in [5.74, 6) is -0.848. The van der Waals surface area contributed by atoms with Crippen LogP contribution in [-0.4, -0.2) is 12.5 Å². The van der Waals surface area contributed by atoms with Crippen LogP contribution in [0.1, 0.15) is 33.9 Å². The number of rotatable bonds is 7. The standard InChI is InChI=1S/C22H18F3NO4/c23-15-5-8-18(20(11-15)30-22(24)25)26-21(27)19-9-7-17(29-19)12-28-16-6-4-13-2-1-3-14(13)10-16/h4-11,22H,1-3,12H2,(H,26,27). The molecule has 3 aromatic rings. The molecule has 0 saturated carbocycles. The molecule has 1 aromatic heterocycles. The summed E-state index contributed by atoms with van der Waals surface area (Å²) in [6, 6.07) is 11.9. The van der Waals surface area contributed by atoms with Crippen LogP contribution < -0.4 is 14.8 Å². The molecule has 1 amide bonds. The molecule has 2 aromatic carbocycles. The van der Waals surface area contributed by atoms with E-state index in [4.69, 9.17) is 9.15 Å². The van der Waals surface area contributed by atoms with Gasteiger partial charge in [0.2, 0.25) is 0 Å². The van der Waals surface area contributed by atoms with Gasteiger partial charge in [-0.2, -0.15) is 8.78 Å². The van der Waals surface area contributed by atoms with Crippen LogP contribution in [-0.2, 0) is 19.4 Å². The van der Waals surface area contributed by atoms with Crippen molar-refractivity contribution in [2.75, 3.05) is 5.32 Å². The van der Waals surface area contributed by atoms with Gasteiger partial charge in [0.15, 0.2) is 11.5 Å². The molecular weight excluding hydrogens is 399 g/mol. The summed E-state index contributed by atoms with van der Waals surface area (Å²) in [5.41, 5.74) is 2.53. The summed E-state index contributed by atoms with van der Waals surface area (Å²) >= 11 is 0. The Morgan fingerprint density at radius 1 is 1.07 bits per heavy atom. The Morgan fingerprint density at radius 2 is 1.90 bits per heavy atom. The molecule has 0 fully saturated rings. The molecule has 1 N–H and O–H groups in total. The summed E-state index contributed by atoms with van der Waals surface area (Å²) in [7, 11) is 0. The maximum Gasteiger partial charge on any atom is 0.387 e. The highest BCUT2D eigenvalue weighted by atomic mass is 19.3. The molecule has 5 nitrogen and oxygen atoms in total. The van der Waals surface area contributed by atoms with Gasteiger partial charge in [-0.05, 0) is 66.8 Å². The highest BCUT2D eigenvalue weighted by Crippen LogP contribution is 2.28. The van der Waals surface area contributed by atoms with Crippen molar-refractivity contribution >= 4 is 11.6 Å². The molecule has 156 valence electrons. The summed E-state index contributed by atoms with van der Waals surface area (Å²) < 4.78 is 53.8. The predicted molar refractivity (Wildman–Crippen MR) is 102 cm³/mol. The summed E-state index contributed by atoms with van der Waals surface area (Å²) in [4.78, 5) is 12.4. The third kappa shape index (κ3) is 4.59. The van der Waals surface area contributed by atoms with Gasteiger partial charge in [0.1, 0.15) is 23.9 Å². The normalized spacial score (nSPS) is 12.7. The minimum Gasteiger partial charge on any atom is -0.486 e. The highest BCUT2D eigenvalue weighted by Gasteiger charge is 2.17. The van der Waals surface area contributed by atoms with E-state index in [1.165, 1.54) is 17.2 Å².